The number of hydrogen-bond donors (Lipinski definition) is 3. The summed E-state index contributed by atoms with van der Waals surface area (Å²) in [5.74, 6) is 2.34. The number of phenols is 1. The minimum Gasteiger partial charge on any atom is -0.507 e. The second-order valence-electron chi connectivity index (χ2n) is 8.62. The minimum absolute atomic E-state index is 0.166. The second kappa shape index (κ2) is 8.59. The lowest BCUT2D eigenvalue weighted by Crippen LogP contribution is -2.27. The SMILES string of the molecule is Nc1nc(-c2c(O)cccc2OCC2CC2)cc(C2CCNCC2)c1Cn1ccnc1. The highest BCUT2D eigenvalue weighted by atomic mass is 16.5. The molecular formula is C24H29N5O2. The van der Waals surface area contributed by atoms with Crippen molar-refractivity contribution in [2.24, 2.45) is 5.92 Å². The molecule has 5 rings (SSSR count). The number of pyridine rings is 1. The predicted molar refractivity (Wildman–Crippen MR) is 120 cm³/mol. The average Bonchev–Trinajstić information content (AvgIpc) is 3.47. The maximum atomic E-state index is 10.7. The van der Waals surface area contributed by atoms with E-state index in [2.05, 4.69) is 16.4 Å². The molecule has 0 radical (unpaired) electrons. The van der Waals surface area contributed by atoms with Crippen LogP contribution in [0.3, 0.4) is 0 Å². The zero-order chi connectivity index (χ0) is 21.2. The highest BCUT2D eigenvalue weighted by Gasteiger charge is 2.25. The lowest BCUT2D eigenvalue weighted by molar-refractivity contribution is 0.299. The highest BCUT2D eigenvalue weighted by molar-refractivity contribution is 5.76. The van der Waals surface area contributed by atoms with Gasteiger partial charge in [0.2, 0.25) is 0 Å². The standard InChI is InChI=1S/C24H29N5O2/c25-24-19(13-29-11-10-27-15-29)18(17-6-8-26-9-7-17)12-20(28-24)23-21(30)2-1-3-22(23)31-14-16-4-5-16/h1-3,10-12,15-17,26,30H,4-9,13-14H2,(H2,25,28). The first-order chi connectivity index (χ1) is 15.2. The van der Waals surface area contributed by atoms with Crippen molar-refractivity contribution in [3.8, 4) is 22.8 Å². The summed E-state index contributed by atoms with van der Waals surface area (Å²) in [4.78, 5) is 8.89. The molecule has 0 amide bonds. The van der Waals surface area contributed by atoms with Gasteiger partial charge in [-0.3, -0.25) is 0 Å². The Balaban J connectivity index is 1.57. The van der Waals surface area contributed by atoms with Gasteiger partial charge in [-0.15, -0.1) is 0 Å². The van der Waals surface area contributed by atoms with E-state index < -0.39 is 0 Å². The van der Waals surface area contributed by atoms with Crippen LogP contribution in [-0.2, 0) is 6.54 Å². The molecule has 0 atom stereocenters. The number of imidazole rings is 1. The van der Waals surface area contributed by atoms with Crippen LogP contribution in [0.2, 0.25) is 0 Å². The molecule has 7 heteroatoms. The topological polar surface area (TPSA) is 98.2 Å². The summed E-state index contributed by atoms with van der Waals surface area (Å²) < 4.78 is 8.09. The molecule has 3 heterocycles. The smallest absolute Gasteiger partial charge is 0.132 e. The third kappa shape index (κ3) is 4.37. The van der Waals surface area contributed by atoms with Gasteiger partial charge in [-0.05, 0) is 74.4 Å². The zero-order valence-electron chi connectivity index (χ0n) is 17.6. The number of benzene rings is 1. The van der Waals surface area contributed by atoms with Crippen LogP contribution in [-0.4, -0.2) is 39.3 Å². The van der Waals surface area contributed by atoms with E-state index in [9.17, 15) is 5.11 Å². The number of hydrogen-bond acceptors (Lipinski definition) is 6. The van der Waals surface area contributed by atoms with Crippen molar-refractivity contribution in [3.05, 3.63) is 54.1 Å². The van der Waals surface area contributed by atoms with E-state index in [0.717, 1.165) is 31.5 Å². The van der Waals surface area contributed by atoms with E-state index in [1.807, 2.05) is 22.9 Å². The maximum Gasteiger partial charge on any atom is 0.132 e. The third-order valence-corrected chi connectivity index (χ3v) is 6.30. The molecule has 0 spiro atoms. The summed E-state index contributed by atoms with van der Waals surface area (Å²) in [6.07, 6.45) is 10.0. The fourth-order valence-electron chi connectivity index (χ4n) is 4.36. The van der Waals surface area contributed by atoms with Crippen molar-refractivity contribution < 1.29 is 9.84 Å². The molecule has 1 saturated carbocycles. The Kier molecular flexibility index (Phi) is 5.51. The predicted octanol–water partition coefficient (Wildman–Crippen LogP) is 3.54. The number of piperidine rings is 1. The molecule has 1 saturated heterocycles. The summed E-state index contributed by atoms with van der Waals surface area (Å²) in [5, 5.41) is 14.2. The Morgan fingerprint density at radius 2 is 2.03 bits per heavy atom. The Morgan fingerprint density at radius 3 is 2.77 bits per heavy atom. The lowest BCUT2D eigenvalue weighted by atomic mass is 9.86. The largest absolute Gasteiger partial charge is 0.507 e. The van der Waals surface area contributed by atoms with Crippen molar-refractivity contribution in [1.82, 2.24) is 19.9 Å². The Bertz CT molecular complexity index is 1040. The van der Waals surface area contributed by atoms with E-state index in [4.69, 9.17) is 15.5 Å². The monoisotopic (exact) mass is 419 g/mol. The zero-order valence-corrected chi connectivity index (χ0v) is 17.6. The molecule has 2 aliphatic rings. The fraction of sp³-hybridized carbons (Fsp3) is 0.417. The number of nitrogens with zero attached hydrogens (tertiary/aromatic N) is 3. The first kappa shape index (κ1) is 19.9. The molecule has 1 aliphatic heterocycles. The molecule has 31 heavy (non-hydrogen) atoms. The number of aromatic nitrogens is 3. The number of nitrogen functional groups attached to an aromatic ring is 1. The second-order valence-corrected chi connectivity index (χ2v) is 8.62. The minimum atomic E-state index is 0.166. The Morgan fingerprint density at radius 1 is 1.19 bits per heavy atom. The maximum absolute atomic E-state index is 10.7. The van der Waals surface area contributed by atoms with Crippen LogP contribution in [0.4, 0.5) is 5.82 Å². The molecule has 2 aromatic heterocycles. The summed E-state index contributed by atoms with van der Waals surface area (Å²) in [6, 6.07) is 7.50. The molecule has 0 unspecified atom stereocenters. The van der Waals surface area contributed by atoms with Gasteiger partial charge in [0.1, 0.15) is 17.3 Å². The van der Waals surface area contributed by atoms with E-state index >= 15 is 0 Å². The van der Waals surface area contributed by atoms with E-state index in [1.54, 1.807) is 18.6 Å². The fourth-order valence-corrected chi connectivity index (χ4v) is 4.36. The van der Waals surface area contributed by atoms with Crippen molar-refractivity contribution in [1.29, 1.82) is 0 Å². The van der Waals surface area contributed by atoms with Crippen LogP contribution in [0.1, 0.15) is 42.7 Å². The summed E-state index contributed by atoms with van der Waals surface area (Å²) in [6.45, 7) is 3.27. The number of anilines is 1. The summed E-state index contributed by atoms with van der Waals surface area (Å²) >= 11 is 0. The number of nitrogens with two attached hydrogens (primary N) is 1. The third-order valence-electron chi connectivity index (χ3n) is 6.30. The van der Waals surface area contributed by atoms with Gasteiger partial charge in [0, 0.05) is 18.0 Å². The average molecular weight is 420 g/mol. The molecule has 3 aromatic rings. The van der Waals surface area contributed by atoms with Gasteiger partial charge >= 0.3 is 0 Å². The molecule has 162 valence electrons. The molecule has 4 N–H and O–H groups in total. The number of ether oxygens (including phenoxy) is 1. The number of rotatable bonds is 7. The molecule has 1 aromatic carbocycles. The highest BCUT2D eigenvalue weighted by Crippen LogP contribution is 2.41. The van der Waals surface area contributed by atoms with Gasteiger partial charge in [-0.2, -0.15) is 0 Å². The summed E-state index contributed by atoms with van der Waals surface area (Å²) in [7, 11) is 0. The molecular weight excluding hydrogens is 390 g/mol. The van der Waals surface area contributed by atoms with E-state index in [0.29, 0.717) is 47.8 Å². The van der Waals surface area contributed by atoms with Gasteiger partial charge in [-0.25, -0.2) is 9.97 Å². The number of nitrogens with one attached hydrogen (secondary N) is 1. The Labute approximate surface area is 182 Å². The molecule has 7 nitrogen and oxygen atoms in total. The van der Waals surface area contributed by atoms with Crippen molar-refractivity contribution in [3.63, 3.8) is 0 Å². The lowest BCUT2D eigenvalue weighted by Gasteiger charge is -2.26. The van der Waals surface area contributed by atoms with Gasteiger partial charge in [0.15, 0.2) is 0 Å². The number of aromatic hydroxyl groups is 1. The molecule has 2 fully saturated rings. The van der Waals surface area contributed by atoms with Crippen LogP contribution < -0.4 is 15.8 Å². The van der Waals surface area contributed by atoms with Crippen LogP contribution in [0.25, 0.3) is 11.3 Å². The van der Waals surface area contributed by atoms with Crippen LogP contribution >= 0.6 is 0 Å². The van der Waals surface area contributed by atoms with Crippen LogP contribution in [0.5, 0.6) is 11.5 Å². The van der Waals surface area contributed by atoms with Gasteiger partial charge in [0.25, 0.3) is 0 Å². The molecule has 1 aliphatic carbocycles. The van der Waals surface area contributed by atoms with E-state index in [-0.39, 0.29) is 5.75 Å². The quantitative estimate of drug-likeness (QED) is 0.542. The van der Waals surface area contributed by atoms with E-state index in [1.165, 1.54) is 18.4 Å². The first-order valence-corrected chi connectivity index (χ1v) is 11.1. The first-order valence-electron chi connectivity index (χ1n) is 11.1. The van der Waals surface area contributed by atoms with Gasteiger partial charge in [-0.1, -0.05) is 6.07 Å². The normalized spacial score (nSPS) is 17.0. The van der Waals surface area contributed by atoms with Crippen LogP contribution in [0.15, 0.2) is 43.0 Å². The van der Waals surface area contributed by atoms with Gasteiger partial charge < -0.3 is 25.5 Å². The Hall–Kier alpha value is -3.06. The van der Waals surface area contributed by atoms with Crippen molar-refractivity contribution in [2.75, 3.05) is 25.4 Å². The summed E-state index contributed by atoms with van der Waals surface area (Å²) in [5.41, 5.74) is 10.1. The van der Waals surface area contributed by atoms with Crippen LogP contribution in [0, 0.1) is 5.92 Å². The van der Waals surface area contributed by atoms with Crippen molar-refractivity contribution >= 4 is 5.82 Å². The number of phenolic OH excluding ortho intramolecular Hbond substituents is 1. The molecule has 0 bridgehead atoms. The van der Waals surface area contributed by atoms with Crippen molar-refractivity contribution in [2.45, 2.75) is 38.1 Å². The van der Waals surface area contributed by atoms with Gasteiger partial charge in [0.05, 0.1) is 30.7 Å².